The van der Waals surface area contributed by atoms with E-state index in [4.69, 9.17) is 0 Å². The van der Waals surface area contributed by atoms with Gasteiger partial charge in [-0.3, -0.25) is 4.79 Å². The van der Waals surface area contributed by atoms with E-state index >= 15 is 0 Å². The molecule has 0 bridgehead atoms. The van der Waals surface area contributed by atoms with Crippen LogP contribution in [0.2, 0.25) is 0 Å². The van der Waals surface area contributed by atoms with Gasteiger partial charge >= 0.3 is 0 Å². The Hall–Kier alpha value is -2.21. The molecule has 0 saturated carbocycles. The molecule has 0 radical (unpaired) electrons. The zero-order chi connectivity index (χ0) is 19.6. The van der Waals surface area contributed by atoms with Gasteiger partial charge in [-0.05, 0) is 35.6 Å². The average molecular weight is 389 g/mol. The molecule has 2 aromatic rings. The first-order chi connectivity index (χ1) is 12.8. The Morgan fingerprint density at radius 3 is 2.37 bits per heavy atom. The van der Waals surface area contributed by atoms with E-state index in [0.29, 0.717) is 12.3 Å². The maximum atomic E-state index is 14.2. The first kappa shape index (κ1) is 19.5. The summed E-state index contributed by atoms with van der Waals surface area (Å²) in [6, 6.07) is 13.3. The zero-order valence-corrected chi connectivity index (χ0v) is 16.4. The van der Waals surface area contributed by atoms with Crippen molar-refractivity contribution in [1.82, 2.24) is 4.90 Å². The van der Waals surface area contributed by atoms with Crippen LogP contribution in [0, 0.1) is 5.82 Å². The number of halogens is 1. The monoisotopic (exact) mass is 389 g/mol. The Labute approximate surface area is 159 Å². The topological polar surface area (TPSA) is 54.5 Å². The van der Waals surface area contributed by atoms with Crippen molar-refractivity contribution in [3.05, 3.63) is 71.0 Å². The quantitative estimate of drug-likeness (QED) is 0.782. The SMILES string of the molecule is CC(C)c1ccc(CN(C(=O)c2ccccc2F)[C@H]2CCS(=O)(=O)C2)cc1. The highest BCUT2D eigenvalue weighted by Gasteiger charge is 2.35. The molecule has 1 saturated heterocycles. The number of sulfone groups is 1. The fraction of sp³-hybridized carbons (Fsp3) is 0.381. The van der Waals surface area contributed by atoms with Gasteiger partial charge in [-0.2, -0.15) is 0 Å². The lowest BCUT2D eigenvalue weighted by atomic mass is 10.0. The van der Waals surface area contributed by atoms with Crippen LogP contribution < -0.4 is 0 Å². The Bertz CT molecular complexity index is 923. The molecule has 0 aromatic heterocycles. The number of carbonyl (C=O) groups is 1. The first-order valence-corrected chi connectivity index (χ1v) is 10.9. The van der Waals surface area contributed by atoms with E-state index in [1.165, 1.54) is 28.7 Å². The number of hydrogen-bond acceptors (Lipinski definition) is 3. The normalized spacial score (nSPS) is 18.6. The van der Waals surface area contributed by atoms with E-state index in [0.717, 1.165) is 5.56 Å². The lowest BCUT2D eigenvalue weighted by Gasteiger charge is -2.29. The van der Waals surface area contributed by atoms with Crippen LogP contribution >= 0.6 is 0 Å². The molecule has 3 rings (SSSR count). The van der Waals surface area contributed by atoms with Crippen LogP contribution in [0.25, 0.3) is 0 Å². The minimum atomic E-state index is -3.16. The van der Waals surface area contributed by atoms with Crippen molar-refractivity contribution in [1.29, 1.82) is 0 Å². The van der Waals surface area contributed by atoms with Crippen LogP contribution in [0.3, 0.4) is 0 Å². The van der Waals surface area contributed by atoms with Crippen molar-refractivity contribution in [2.24, 2.45) is 0 Å². The van der Waals surface area contributed by atoms with Crippen LogP contribution in [0.4, 0.5) is 4.39 Å². The van der Waals surface area contributed by atoms with E-state index in [9.17, 15) is 17.6 Å². The van der Waals surface area contributed by atoms with Crippen LogP contribution in [-0.2, 0) is 16.4 Å². The summed E-state index contributed by atoms with van der Waals surface area (Å²) in [5, 5.41) is 0. The largest absolute Gasteiger partial charge is 0.330 e. The number of rotatable bonds is 5. The molecule has 1 atom stereocenters. The third kappa shape index (κ3) is 4.56. The van der Waals surface area contributed by atoms with Gasteiger partial charge in [-0.15, -0.1) is 0 Å². The minimum Gasteiger partial charge on any atom is -0.330 e. The van der Waals surface area contributed by atoms with Gasteiger partial charge in [-0.25, -0.2) is 12.8 Å². The molecule has 6 heteroatoms. The molecule has 1 aliphatic heterocycles. The summed E-state index contributed by atoms with van der Waals surface area (Å²) in [5.41, 5.74) is 2.06. The molecule has 4 nitrogen and oxygen atoms in total. The summed E-state index contributed by atoms with van der Waals surface area (Å²) >= 11 is 0. The summed E-state index contributed by atoms with van der Waals surface area (Å²) in [6.45, 7) is 4.46. The number of benzene rings is 2. The highest BCUT2D eigenvalue weighted by atomic mass is 32.2. The third-order valence-corrected chi connectivity index (χ3v) is 6.76. The Morgan fingerprint density at radius 2 is 1.81 bits per heavy atom. The number of hydrogen-bond donors (Lipinski definition) is 0. The summed E-state index contributed by atoms with van der Waals surface area (Å²) in [6.07, 6.45) is 0.382. The fourth-order valence-electron chi connectivity index (χ4n) is 3.38. The van der Waals surface area contributed by atoms with Crippen LogP contribution in [0.15, 0.2) is 48.5 Å². The summed E-state index contributed by atoms with van der Waals surface area (Å²) in [4.78, 5) is 14.5. The zero-order valence-electron chi connectivity index (χ0n) is 15.6. The van der Waals surface area contributed by atoms with E-state index in [1.54, 1.807) is 6.07 Å². The smallest absolute Gasteiger partial charge is 0.257 e. The van der Waals surface area contributed by atoms with E-state index in [-0.39, 0.29) is 23.6 Å². The second kappa shape index (κ2) is 7.80. The average Bonchev–Trinajstić information content (AvgIpc) is 2.99. The maximum Gasteiger partial charge on any atom is 0.257 e. The van der Waals surface area contributed by atoms with Crippen molar-refractivity contribution in [3.8, 4) is 0 Å². The first-order valence-electron chi connectivity index (χ1n) is 9.11. The molecule has 0 spiro atoms. The van der Waals surface area contributed by atoms with Crippen LogP contribution in [0.1, 0.15) is 47.7 Å². The maximum absolute atomic E-state index is 14.2. The molecular formula is C21H24FNO3S. The van der Waals surface area contributed by atoms with Gasteiger partial charge in [0.15, 0.2) is 9.84 Å². The van der Waals surface area contributed by atoms with Gasteiger partial charge in [0.05, 0.1) is 17.1 Å². The van der Waals surface area contributed by atoms with E-state index in [1.807, 2.05) is 24.3 Å². The highest BCUT2D eigenvalue weighted by Crippen LogP contribution is 2.24. The molecule has 1 amide bonds. The lowest BCUT2D eigenvalue weighted by Crippen LogP contribution is -2.41. The van der Waals surface area contributed by atoms with Crippen LogP contribution in [-0.4, -0.2) is 36.8 Å². The molecule has 1 aliphatic rings. The number of amides is 1. The third-order valence-electron chi connectivity index (χ3n) is 5.01. The van der Waals surface area contributed by atoms with Gasteiger partial charge in [0.25, 0.3) is 5.91 Å². The second-order valence-electron chi connectivity index (χ2n) is 7.37. The molecule has 1 heterocycles. The van der Waals surface area contributed by atoms with Gasteiger partial charge in [0, 0.05) is 12.6 Å². The summed E-state index contributed by atoms with van der Waals surface area (Å²) in [7, 11) is -3.16. The molecule has 0 aliphatic carbocycles. The molecule has 144 valence electrons. The predicted molar refractivity (Wildman–Crippen MR) is 104 cm³/mol. The van der Waals surface area contributed by atoms with Crippen molar-refractivity contribution in [2.45, 2.75) is 38.8 Å². The second-order valence-corrected chi connectivity index (χ2v) is 9.59. The molecule has 1 fully saturated rings. The van der Waals surface area contributed by atoms with Crippen molar-refractivity contribution >= 4 is 15.7 Å². The molecule has 27 heavy (non-hydrogen) atoms. The van der Waals surface area contributed by atoms with Crippen molar-refractivity contribution in [2.75, 3.05) is 11.5 Å². The highest BCUT2D eigenvalue weighted by molar-refractivity contribution is 7.91. The summed E-state index contributed by atoms with van der Waals surface area (Å²) < 4.78 is 38.0. The fourth-order valence-corrected chi connectivity index (χ4v) is 5.11. The molecule has 0 unspecified atom stereocenters. The standard InChI is InChI=1S/C21H24FNO3S/c1-15(2)17-9-7-16(8-10-17)13-23(18-11-12-27(25,26)14-18)21(24)19-5-3-4-6-20(19)22/h3-10,15,18H,11-14H2,1-2H3/t18-/m0/s1. The van der Waals surface area contributed by atoms with Crippen LogP contribution in [0.5, 0.6) is 0 Å². The van der Waals surface area contributed by atoms with Gasteiger partial charge in [0.1, 0.15) is 5.82 Å². The molecular weight excluding hydrogens is 365 g/mol. The van der Waals surface area contributed by atoms with E-state index < -0.39 is 27.6 Å². The Morgan fingerprint density at radius 1 is 1.15 bits per heavy atom. The van der Waals surface area contributed by atoms with Gasteiger partial charge in [-0.1, -0.05) is 50.2 Å². The Balaban J connectivity index is 1.90. The molecule has 2 aromatic carbocycles. The number of carbonyl (C=O) groups excluding carboxylic acids is 1. The number of nitrogens with zero attached hydrogens (tertiary/aromatic N) is 1. The lowest BCUT2D eigenvalue weighted by molar-refractivity contribution is 0.0676. The minimum absolute atomic E-state index is 0.0272. The predicted octanol–water partition coefficient (Wildman–Crippen LogP) is 3.78. The van der Waals surface area contributed by atoms with Gasteiger partial charge < -0.3 is 4.90 Å². The van der Waals surface area contributed by atoms with Gasteiger partial charge in [0.2, 0.25) is 0 Å². The Kier molecular flexibility index (Phi) is 5.65. The van der Waals surface area contributed by atoms with E-state index in [2.05, 4.69) is 13.8 Å². The van der Waals surface area contributed by atoms with Crippen molar-refractivity contribution < 1.29 is 17.6 Å². The summed E-state index contributed by atoms with van der Waals surface area (Å²) in [5.74, 6) is -0.677. The molecule has 0 N–H and O–H groups in total. The van der Waals surface area contributed by atoms with Crippen molar-refractivity contribution in [3.63, 3.8) is 0 Å².